The highest BCUT2D eigenvalue weighted by atomic mass is 35.5. The number of Topliss-reactive ketones (excluding diaryl/α,β-unsaturated/α-hetero) is 1. The van der Waals surface area contributed by atoms with E-state index in [9.17, 15) is 9.59 Å². The molecular formula is C19H19Cl2N3O4. The molecule has 0 aliphatic rings. The summed E-state index contributed by atoms with van der Waals surface area (Å²) in [6.07, 6.45) is 0. The molecule has 0 heterocycles. The van der Waals surface area contributed by atoms with Crippen molar-refractivity contribution in [1.82, 2.24) is 0 Å². The molecule has 0 spiro atoms. The van der Waals surface area contributed by atoms with E-state index in [0.717, 1.165) is 5.56 Å². The molecule has 0 fully saturated rings. The minimum absolute atomic E-state index is 0.236. The van der Waals surface area contributed by atoms with Crippen molar-refractivity contribution in [2.75, 3.05) is 19.5 Å². The zero-order chi connectivity index (χ0) is 20.8. The van der Waals surface area contributed by atoms with Crippen molar-refractivity contribution in [3.8, 4) is 11.5 Å². The summed E-state index contributed by atoms with van der Waals surface area (Å²) >= 11 is 12.2. The highest BCUT2D eigenvalue weighted by Crippen LogP contribution is 2.37. The van der Waals surface area contributed by atoms with Gasteiger partial charge < -0.3 is 14.8 Å². The van der Waals surface area contributed by atoms with E-state index in [1.54, 1.807) is 24.3 Å². The van der Waals surface area contributed by atoms with Crippen LogP contribution in [-0.4, -0.2) is 32.0 Å². The molecule has 1 unspecified atom stereocenters. The molecule has 2 aromatic rings. The van der Waals surface area contributed by atoms with Gasteiger partial charge in [-0.1, -0.05) is 29.3 Å². The smallest absolute Gasteiger partial charge is 0.258 e. The zero-order valence-electron chi connectivity index (χ0n) is 15.7. The second-order valence-corrected chi connectivity index (χ2v) is 6.66. The van der Waals surface area contributed by atoms with Crippen LogP contribution in [0, 0.1) is 6.92 Å². The normalized spacial score (nSPS) is 11.9. The number of benzene rings is 2. The van der Waals surface area contributed by atoms with E-state index in [4.69, 9.17) is 32.7 Å². The van der Waals surface area contributed by atoms with Crippen LogP contribution >= 0.6 is 23.2 Å². The Balaban J connectivity index is 2.28. The lowest BCUT2D eigenvalue weighted by molar-refractivity contribution is -0.126. The number of methoxy groups -OCH3 is 2. The number of aryl methyl sites for hydroxylation is 1. The second-order valence-electron chi connectivity index (χ2n) is 5.84. The van der Waals surface area contributed by atoms with E-state index in [2.05, 4.69) is 15.5 Å². The summed E-state index contributed by atoms with van der Waals surface area (Å²) in [5, 5.41) is 11.2. The Morgan fingerprint density at radius 3 is 2.36 bits per heavy atom. The number of hydrogen-bond acceptors (Lipinski definition) is 6. The predicted molar refractivity (Wildman–Crippen MR) is 108 cm³/mol. The monoisotopic (exact) mass is 423 g/mol. The summed E-state index contributed by atoms with van der Waals surface area (Å²) in [4.78, 5) is 24.6. The molecule has 0 aromatic heterocycles. The number of ether oxygens (including phenoxy) is 2. The van der Waals surface area contributed by atoms with E-state index >= 15 is 0 Å². The average molecular weight is 424 g/mol. The van der Waals surface area contributed by atoms with Crippen LogP contribution in [-0.2, 0) is 9.59 Å². The third-order valence-corrected chi connectivity index (χ3v) is 4.48. The van der Waals surface area contributed by atoms with Crippen molar-refractivity contribution in [1.29, 1.82) is 0 Å². The van der Waals surface area contributed by atoms with Gasteiger partial charge >= 0.3 is 0 Å². The Morgan fingerprint density at radius 1 is 1.07 bits per heavy atom. The number of nitrogens with one attached hydrogen (secondary N) is 1. The maximum absolute atomic E-state index is 12.6. The molecule has 1 N–H and O–H groups in total. The second kappa shape index (κ2) is 9.52. The van der Waals surface area contributed by atoms with Gasteiger partial charge in [-0.2, -0.15) is 10.2 Å². The van der Waals surface area contributed by atoms with Crippen LogP contribution in [0.4, 0.5) is 11.4 Å². The summed E-state index contributed by atoms with van der Waals surface area (Å²) in [5.41, 5.74) is 1.55. The van der Waals surface area contributed by atoms with Crippen LogP contribution in [0.5, 0.6) is 11.5 Å². The van der Waals surface area contributed by atoms with Gasteiger partial charge in [0.05, 0.1) is 30.6 Å². The first-order chi connectivity index (χ1) is 13.3. The number of azo groups is 1. The van der Waals surface area contributed by atoms with Gasteiger partial charge in [0.15, 0.2) is 11.5 Å². The number of ketones is 1. The van der Waals surface area contributed by atoms with Gasteiger partial charge in [0.25, 0.3) is 5.91 Å². The molecule has 2 rings (SSSR count). The summed E-state index contributed by atoms with van der Waals surface area (Å²) in [6.45, 7) is 3.10. The lowest BCUT2D eigenvalue weighted by Gasteiger charge is -2.15. The zero-order valence-corrected chi connectivity index (χ0v) is 17.3. The van der Waals surface area contributed by atoms with Crippen LogP contribution < -0.4 is 14.8 Å². The first kappa shape index (κ1) is 21.7. The number of carbonyl (C=O) groups is 2. The maximum atomic E-state index is 12.6. The summed E-state index contributed by atoms with van der Waals surface area (Å²) in [5.74, 6) is -0.513. The summed E-state index contributed by atoms with van der Waals surface area (Å²) in [7, 11) is 2.87. The number of rotatable bonds is 7. The van der Waals surface area contributed by atoms with E-state index in [-0.39, 0.29) is 16.5 Å². The van der Waals surface area contributed by atoms with E-state index in [0.29, 0.717) is 16.5 Å². The fourth-order valence-corrected chi connectivity index (χ4v) is 2.74. The first-order valence-corrected chi connectivity index (χ1v) is 8.92. The molecule has 0 saturated heterocycles. The first-order valence-electron chi connectivity index (χ1n) is 8.16. The van der Waals surface area contributed by atoms with Gasteiger partial charge in [-0.3, -0.25) is 9.59 Å². The summed E-state index contributed by atoms with van der Waals surface area (Å²) in [6, 6.07) is 6.76. The number of hydrogen-bond donors (Lipinski definition) is 1. The number of anilines is 1. The molecule has 0 bridgehead atoms. The van der Waals surface area contributed by atoms with Crippen molar-refractivity contribution in [3.05, 3.63) is 45.9 Å². The van der Waals surface area contributed by atoms with Gasteiger partial charge in [-0.05, 0) is 31.5 Å². The topological polar surface area (TPSA) is 89.3 Å². The molecule has 0 saturated carbocycles. The Kier molecular flexibility index (Phi) is 7.37. The van der Waals surface area contributed by atoms with Crippen LogP contribution in [0.1, 0.15) is 12.5 Å². The minimum atomic E-state index is -1.35. The molecule has 0 radical (unpaired) electrons. The van der Waals surface area contributed by atoms with E-state index in [1.807, 2.05) is 6.92 Å². The largest absolute Gasteiger partial charge is 0.497 e. The molecule has 1 atom stereocenters. The van der Waals surface area contributed by atoms with Gasteiger partial charge in [-0.15, -0.1) is 0 Å². The standard InChI is InChI=1S/C19H19Cl2N3O4/c1-10-5-6-12(7-14(10)20)23-24-17(11(2)25)19(26)22-16-9-13(27-3)8-15(21)18(16)28-4/h5-9,17H,1-4H3,(H,22,26). The Bertz CT molecular complexity index is 932. The molecule has 2 aromatic carbocycles. The van der Waals surface area contributed by atoms with Gasteiger partial charge in [0.1, 0.15) is 5.75 Å². The number of amides is 1. The maximum Gasteiger partial charge on any atom is 0.258 e. The number of carbonyl (C=O) groups excluding carboxylic acids is 2. The third-order valence-electron chi connectivity index (χ3n) is 3.79. The van der Waals surface area contributed by atoms with Crippen molar-refractivity contribution in [3.63, 3.8) is 0 Å². The quantitative estimate of drug-likeness (QED) is 0.501. The highest BCUT2D eigenvalue weighted by Gasteiger charge is 2.25. The Labute approximate surface area is 172 Å². The van der Waals surface area contributed by atoms with Crippen molar-refractivity contribution >= 4 is 46.3 Å². The minimum Gasteiger partial charge on any atom is -0.497 e. The van der Waals surface area contributed by atoms with Gasteiger partial charge in [0.2, 0.25) is 6.04 Å². The van der Waals surface area contributed by atoms with Crippen LogP contribution in [0.2, 0.25) is 10.0 Å². The number of nitrogens with zero attached hydrogens (tertiary/aromatic N) is 2. The van der Waals surface area contributed by atoms with Crippen LogP contribution in [0.3, 0.4) is 0 Å². The molecule has 148 valence electrons. The van der Waals surface area contributed by atoms with Crippen LogP contribution in [0.25, 0.3) is 0 Å². The SMILES string of the molecule is COc1cc(Cl)c(OC)c(NC(=O)C(N=Nc2ccc(C)c(Cl)c2)C(C)=O)c1. The van der Waals surface area contributed by atoms with E-state index in [1.165, 1.54) is 27.2 Å². The van der Waals surface area contributed by atoms with Crippen LogP contribution in [0.15, 0.2) is 40.6 Å². The lowest BCUT2D eigenvalue weighted by Crippen LogP contribution is -2.32. The van der Waals surface area contributed by atoms with E-state index < -0.39 is 17.7 Å². The molecule has 0 aliphatic heterocycles. The number of halogens is 2. The Morgan fingerprint density at radius 2 is 1.79 bits per heavy atom. The average Bonchev–Trinajstić information content (AvgIpc) is 2.64. The Hall–Kier alpha value is -2.64. The molecular weight excluding hydrogens is 405 g/mol. The molecule has 0 aliphatic carbocycles. The van der Waals surface area contributed by atoms with Crippen molar-refractivity contribution in [2.45, 2.75) is 19.9 Å². The van der Waals surface area contributed by atoms with Crippen molar-refractivity contribution < 1.29 is 19.1 Å². The fraction of sp³-hybridized carbons (Fsp3) is 0.263. The van der Waals surface area contributed by atoms with Gasteiger partial charge in [0, 0.05) is 17.2 Å². The van der Waals surface area contributed by atoms with Crippen molar-refractivity contribution in [2.24, 2.45) is 10.2 Å². The molecule has 9 heteroatoms. The predicted octanol–water partition coefficient (Wildman–Crippen LogP) is 5.00. The van der Waals surface area contributed by atoms with Gasteiger partial charge in [-0.25, -0.2) is 0 Å². The molecule has 28 heavy (non-hydrogen) atoms. The molecule has 7 nitrogen and oxygen atoms in total. The summed E-state index contributed by atoms with van der Waals surface area (Å²) < 4.78 is 10.4. The lowest BCUT2D eigenvalue weighted by atomic mass is 10.2. The third kappa shape index (κ3) is 5.21. The fourth-order valence-electron chi connectivity index (χ4n) is 2.27. The highest BCUT2D eigenvalue weighted by molar-refractivity contribution is 6.33. The molecule has 1 amide bonds.